The molecule has 2 aromatic rings. The van der Waals surface area contributed by atoms with E-state index in [1.165, 1.54) is 5.56 Å². The highest BCUT2D eigenvalue weighted by atomic mass is 15.4. The number of hydrogen-bond donors (Lipinski definition) is 1. The van der Waals surface area contributed by atoms with E-state index in [-0.39, 0.29) is 0 Å². The van der Waals surface area contributed by atoms with Crippen LogP contribution in [0.25, 0.3) is 0 Å². The second-order valence-electron chi connectivity index (χ2n) is 4.98. The molecule has 21 heavy (non-hydrogen) atoms. The molecule has 0 amide bonds. The van der Waals surface area contributed by atoms with Gasteiger partial charge in [-0.1, -0.05) is 19.1 Å². The summed E-state index contributed by atoms with van der Waals surface area (Å²) >= 11 is 0. The standard InChI is InChI=1S/C15H24N6/c1-3-16-11-15-13-21(19-18-15)10-9-20(4-2)12-14-5-7-17-8-6-14/h5-8,13,16H,3-4,9-12H2,1-2H3. The summed E-state index contributed by atoms with van der Waals surface area (Å²) in [6.07, 6.45) is 5.70. The zero-order valence-electron chi connectivity index (χ0n) is 12.9. The minimum Gasteiger partial charge on any atom is -0.311 e. The van der Waals surface area contributed by atoms with E-state index in [9.17, 15) is 0 Å². The van der Waals surface area contributed by atoms with E-state index in [4.69, 9.17) is 0 Å². The molecule has 2 rings (SSSR count). The van der Waals surface area contributed by atoms with Crippen molar-refractivity contribution in [2.75, 3.05) is 19.6 Å². The topological polar surface area (TPSA) is 58.9 Å². The Balaban J connectivity index is 1.81. The summed E-state index contributed by atoms with van der Waals surface area (Å²) in [7, 11) is 0. The van der Waals surface area contributed by atoms with Crippen LogP contribution in [0.3, 0.4) is 0 Å². The molecule has 0 aromatic carbocycles. The number of pyridine rings is 1. The summed E-state index contributed by atoms with van der Waals surface area (Å²) in [5.74, 6) is 0. The van der Waals surface area contributed by atoms with Crippen LogP contribution in [0.5, 0.6) is 0 Å². The molecule has 0 bridgehead atoms. The molecule has 0 aliphatic rings. The number of hydrogen-bond acceptors (Lipinski definition) is 5. The Morgan fingerprint density at radius 3 is 2.76 bits per heavy atom. The molecule has 0 fully saturated rings. The SMILES string of the molecule is CCNCc1cn(CCN(CC)Cc2ccncc2)nn1. The number of nitrogens with zero attached hydrogens (tertiary/aromatic N) is 5. The van der Waals surface area contributed by atoms with Crippen LogP contribution in [0.15, 0.2) is 30.7 Å². The van der Waals surface area contributed by atoms with Gasteiger partial charge in [-0.3, -0.25) is 14.6 Å². The number of aromatic nitrogens is 4. The van der Waals surface area contributed by atoms with Crippen LogP contribution in [-0.4, -0.2) is 44.5 Å². The van der Waals surface area contributed by atoms with Gasteiger partial charge in [0.05, 0.1) is 12.2 Å². The predicted octanol–water partition coefficient (Wildman–Crippen LogP) is 1.30. The lowest BCUT2D eigenvalue weighted by Gasteiger charge is -2.20. The van der Waals surface area contributed by atoms with E-state index in [1.807, 2.05) is 23.3 Å². The lowest BCUT2D eigenvalue weighted by atomic mass is 10.2. The Kier molecular flexibility index (Phi) is 6.30. The molecule has 0 saturated heterocycles. The third-order valence-corrected chi connectivity index (χ3v) is 3.39. The van der Waals surface area contributed by atoms with Crippen molar-refractivity contribution < 1.29 is 0 Å². The van der Waals surface area contributed by atoms with E-state index >= 15 is 0 Å². The fourth-order valence-corrected chi connectivity index (χ4v) is 2.12. The predicted molar refractivity (Wildman–Crippen MR) is 82.6 cm³/mol. The molecule has 0 atom stereocenters. The smallest absolute Gasteiger partial charge is 0.0964 e. The minimum absolute atomic E-state index is 0.783. The van der Waals surface area contributed by atoms with Crippen molar-refractivity contribution in [3.05, 3.63) is 42.0 Å². The molecule has 0 aliphatic carbocycles. The molecule has 0 unspecified atom stereocenters. The Bertz CT molecular complexity index is 510. The Labute approximate surface area is 126 Å². The van der Waals surface area contributed by atoms with Crippen LogP contribution in [0, 0.1) is 0 Å². The van der Waals surface area contributed by atoms with Gasteiger partial charge in [-0.05, 0) is 30.8 Å². The molecule has 1 N–H and O–H groups in total. The van der Waals surface area contributed by atoms with Crippen LogP contribution in [0.4, 0.5) is 0 Å². The molecule has 0 saturated carbocycles. The molecule has 6 heteroatoms. The van der Waals surface area contributed by atoms with Gasteiger partial charge in [0, 0.05) is 38.2 Å². The average Bonchev–Trinajstić information content (AvgIpc) is 2.98. The average molecular weight is 288 g/mol. The van der Waals surface area contributed by atoms with Gasteiger partial charge in [0.2, 0.25) is 0 Å². The molecule has 0 aliphatic heterocycles. The van der Waals surface area contributed by atoms with Gasteiger partial charge < -0.3 is 5.32 Å². The Morgan fingerprint density at radius 2 is 2.05 bits per heavy atom. The maximum atomic E-state index is 4.17. The van der Waals surface area contributed by atoms with Gasteiger partial charge in [0.1, 0.15) is 0 Å². The fraction of sp³-hybridized carbons (Fsp3) is 0.533. The van der Waals surface area contributed by atoms with Crippen LogP contribution in [0.2, 0.25) is 0 Å². The van der Waals surface area contributed by atoms with E-state index in [0.29, 0.717) is 0 Å². The van der Waals surface area contributed by atoms with Crippen molar-refractivity contribution in [1.29, 1.82) is 0 Å². The van der Waals surface area contributed by atoms with Crippen molar-refractivity contribution in [3.8, 4) is 0 Å². The van der Waals surface area contributed by atoms with Gasteiger partial charge >= 0.3 is 0 Å². The van der Waals surface area contributed by atoms with Crippen molar-refractivity contribution in [2.45, 2.75) is 33.5 Å². The Morgan fingerprint density at radius 1 is 1.24 bits per heavy atom. The largest absolute Gasteiger partial charge is 0.311 e. The first-order valence-corrected chi connectivity index (χ1v) is 7.52. The summed E-state index contributed by atoms with van der Waals surface area (Å²) < 4.78 is 1.92. The third kappa shape index (κ3) is 5.24. The second-order valence-corrected chi connectivity index (χ2v) is 4.98. The van der Waals surface area contributed by atoms with Crippen LogP contribution >= 0.6 is 0 Å². The molecule has 0 spiro atoms. The summed E-state index contributed by atoms with van der Waals surface area (Å²) in [6, 6.07) is 4.12. The summed E-state index contributed by atoms with van der Waals surface area (Å²) in [5.41, 5.74) is 2.28. The highest BCUT2D eigenvalue weighted by Gasteiger charge is 2.05. The lowest BCUT2D eigenvalue weighted by molar-refractivity contribution is 0.262. The summed E-state index contributed by atoms with van der Waals surface area (Å²) in [6.45, 7) is 9.77. The molecule has 2 aromatic heterocycles. The fourth-order valence-electron chi connectivity index (χ4n) is 2.12. The summed E-state index contributed by atoms with van der Waals surface area (Å²) in [5, 5.41) is 11.6. The van der Waals surface area contributed by atoms with Gasteiger partial charge in [-0.15, -0.1) is 5.10 Å². The van der Waals surface area contributed by atoms with Gasteiger partial charge in [-0.2, -0.15) is 0 Å². The highest BCUT2D eigenvalue weighted by molar-refractivity contribution is 5.09. The van der Waals surface area contributed by atoms with E-state index < -0.39 is 0 Å². The van der Waals surface area contributed by atoms with Crippen LogP contribution < -0.4 is 5.32 Å². The van der Waals surface area contributed by atoms with E-state index in [1.54, 1.807) is 0 Å². The van der Waals surface area contributed by atoms with Gasteiger partial charge in [0.15, 0.2) is 0 Å². The van der Waals surface area contributed by atoms with Crippen molar-refractivity contribution in [2.24, 2.45) is 0 Å². The van der Waals surface area contributed by atoms with Crippen LogP contribution in [-0.2, 0) is 19.6 Å². The zero-order chi connectivity index (χ0) is 14.9. The first-order chi connectivity index (χ1) is 10.3. The van der Waals surface area contributed by atoms with Gasteiger partial charge in [-0.25, -0.2) is 0 Å². The van der Waals surface area contributed by atoms with Gasteiger partial charge in [0.25, 0.3) is 0 Å². The Hall–Kier alpha value is -1.79. The number of nitrogens with one attached hydrogen (secondary N) is 1. The molecule has 114 valence electrons. The first-order valence-electron chi connectivity index (χ1n) is 7.52. The lowest BCUT2D eigenvalue weighted by Crippen LogP contribution is -2.27. The van der Waals surface area contributed by atoms with Crippen molar-refractivity contribution in [1.82, 2.24) is 30.2 Å². The third-order valence-electron chi connectivity index (χ3n) is 3.39. The first kappa shape index (κ1) is 15.6. The quantitative estimate of drug-likeness (QED) is 0.754. The normalized spacial score (nSPS) is 11.2. The second kappa shape index (κ2) is 8.49. The molecular weight excluding hydrogens is 264 g/mol. The molecule has 0 radical (unpaired) electrons. The number of likely N-dealkylation sites (N-methyl/N-ethyl adjacent to an activating group) is 1. The maximum Gasteiger partial charge on any atom is 0.0964 e. The molecular formula is C15H24N6. The summed E-state index contributed by atoms with van der Waals surface area (Å²) in [4.78, 5) is 6.44. The highest BCUT2D eigenvalue weighted by Crippen LogP contribution is 2.03. The van der Waals surface area contributed by atoms with Crippen LogP contribution in [0.1, 0.15) is 25.1 Å². The van der Waals surface area contributed by atoms with Crippen molar-refractivity contribution in [3.63, 3.8) is 0 Å². The van der Waals surface area contributed by atoms with E-state index in [0.717, 1.165) is 45.0 Å². The maximum absolute atomic E-state index is 4.17. The van der Waals surface area contributed by atoms with Crippen molar-refractivity contribution >= 4 is 0 Å². The minimum atomic E-state index is 0.783. The number of rotatable bonds is 9. The molecule has 2 heterocycles. The monoisotopic (exact) mass is 288 g/mol. The zero-order valence-corrected chi connectivity index (χ0v) is 12.9. The molecule has 6 nitrogen and oxygen atoms in total. The van der Waals surface area contributed by atoms with E-state index in [2.05, 4.69) is 51.5 Å².